The Labute approximate surface area is 180 Å². The van der Waals surface area contributed by atoms with Gasteiger partial charge in [0, 0.05) is 42.6 Å². The van der Waals surface area contributed by atoms with Crippen molar-refractivity contribution in [3.05, 3.63) is 53.1 Å². The summed E-state index contributed by atoms with van der Waals surface area (Å²) in [6.07, 6.45) is 0. The largest absolute Gasteiger partial charge is 0.378 e. The van der Waals surface area contributed by atoms with Gasteiger partial charge in [-0.1, -0.05) is 29.4 Å². The van der Waals surface area contributed by atoms with E-state index >= 15 is 0 Å². The van der Waals surface area contributed by atoms with Crippen molar-refractivity contribution in [1.82, 2.24) is 14.8 Å². The highest BCUT2D eigenvalue weighted by Crippen LogP contribution is 2.26. The zero-order chi connectivity index (χ0) is 21.0. The van der Waals surface area contributed by atoms with Crippen LogP contribution in [0, 0.1) is 6.92 Å². The molecule has 0 unspecified atom stereocenters. The summed E-state index contributed by atoms with van der Waals surface area (Å²) >= 11 is 7.49. The predicted molar refractivity (Wildman–Crippen MR) is 121 cm³/mol. The van der Waals surface area contributed by atoms with Crippen LogP contribution in [0.4, 0.5) is 11.4 Å². The van der Waals surface area contributed by atoms with E-state index < -0.39 is 0 Å². The van der Waals surface area contributed by atoms with Crippen molar-refractivity contribution in [2.45, 2.75) is 25.5 Å². The monoisotopic (exact) mass is 429 g/mol. The van der Waals surface area contributed by atoms with Gasteiger partial charge in [0.2, 0.25) is 5.91 Å². The summed E-state index contributed by atoms with van der Waals surface area (Å²) < 4.78 is 2.02. The topological polar surface area (TPSA) is 63.1 Å². The van der Waals surface area contributed by atoms with E-state index in [1.165, 1.54) is 11.8 Å². The van der Waals surface area contributed by atoms with E-state index in [0.29, 0.717) is 5.02 Å². The second-order valence-corrected chi connectivity index (χ2v) is 8.09. The Morgan fingerprint density at radius 1 is 1.17 bits per heavy atom. The van der Waals surface area contributed by atoms with Gasteiger partial charge in [-0.15, -0.1) is 10.2 Å². The van der Waals surface area contributed by atoms with Gasteiger partial charge in [-0.25, -0.2) is 0 Å². The summed E-state index contributed by atoms with van der Waals surface area (Å²) in [6.45, 7) is 4.64. The van der Waals surface area contributed by atoms with Crippen molar-refractivity contribution >= 4 is 40.6 Å². The smallest absolute Gasteiger partial charge is 0.234 e. The normalized spacial score (nSPS) is 10.8. The maximum absolute atomic E-state index is 12.4. The Balaban J connectivity index is 1.70. The number of carbonyl (C=O) groups is 1. The summed E-state index contributed by atoms with van der Waals surface area (Å²) in [5.74, 6) is 0.929. The second-order valence-electron chi connectivity index (χ2n) is 6.74. The van der Waals surface area contributed by atoms with Crippen molar-refractivity contribution in [2.24, 2.45) is 0 Å². The summed E-state index contributed by atoms with van der Waals surface area (Å²) in [5, 5.41) is 12.9. The maximum atomic E-state index is 12.4. The number of rotatable bonds is 7. The molecule has 0 aliphatic heterocycles. The molecule has 0 bridgehead atoms. The fourth-order valence-electron chi connectivity index (χ4n) is 2.86. The average molecular weight is 430 g/mol. The van der Waals surface area contributed by atoms with E-state index in [0.717, 1.165) is 40.0 Å². The quantitative estimate of drug-likeness (QED) is 0.550. The van der Waals surface area contributed by atoms with E-state index in [1.807, 2.05) is 56.8 Å². The van der Waals surface area contributed by atoms with Gasteiger partial charge in [0.1, 0.15) is 0 Å². The first kappa shape index (κ1) is 21.2. The molecule has 29 heavy (non-hydrogen) atoms. The molecule has 6 nitrogen and oxygen atoms in total. The van der Waals surface area contributed by atoms with Gasteiger partial charge in [-0.3, -0.25) is 4.79 Å². The molecule has 1 amide bonds. The SMILES string of the molecule is CCn1c(SCC(=O)Nc2cccc(Cl)c2C)nnc1-c1ccc(N(C)C)cc1. The number of aromatic nitrogens is 3. The van der Waals surface area contributed by atoms with E-state index in [2.05, 4.69) is 32.5 Å². The third-order valence-electron chi connectivity index (χ3n) is 4.55. The van der Waals surface area contributed by atoms with E-state index in [1.54, 1.807) is 6.07 Å². The molecular formula is C21H24ClN5OS. The molecular weight excluding hydrogens is 406 g/mol. The Hall–Kier alpha value is -2.51. The minimum absolute atomic E-state index is 0.108. The van der Waals surface area contributed by atoms with Crippen LogP contribution in [0.3, 0.4) is 0 Å². The van der Waals surface area contributed by atoms with Gasteiger partial charge in [0.05, 0.1) is 5.75 Å². The Bertz CT molecular complexity index is 1000. The molecule has 152 valence electrons. The number of nitrogens with zero attached hydrogens (tertiary/aromatic N) is 4. The fraction of sp³-hybridized carbons (Fsp3) is 0.286. The fourth-order valence-corrected chi connectivity index (χ4v) is 3.84. The molecule has 0 spiro atoms. The van der Waals surface area contributed by atoms with Crippen LogP contribution in [0.1, 0.15) is 12.5 Å². The third kappa shape index (κ3) is 4.92. The first-order valence-electron chi connectivity index (χ1n) is 9.29. The van der Waals surface area contributed by atoms with Crippen LogP contribution < -0.4 is 10.2 Å². The lowest BCUT2D eigenvalue weighted by molar-refractivity contribution is -0.113. The zero-order valence-electron chi connectivity index (χ0n) is 16.9. The number of thioether (sulfide) groups is 1. The molecule has 0 aliphatic carbocycles. The lowest BCUT2D eigenvalue weighted by Gasteiger charge is -2.13. The number of nitrogens with one attached hydrogen (secondary N) is 1. The molecule has 0 radical (unpaired) electrons. The van der Waals surface area contributed by atoms with Crippen molar-refractivity contribution in [3.63, 3.8) is 0 Å². The lowest BCUT2D eigenvalue weighted by atomic mass is 10.2. The predicted octanol–water partition coefficient (Wildman–Crippen LogP) is 4.72. The lowest BCUT2D eigenvalue weighted by Crippen LogP contribution is -2.15. The molecule has 3 rings (SSSR count). The van der Waals surface area contributed by atoms with Gasteiger partial charge < -0.3 is 14.8 Å². The molecule has 0 fully saturated rings. The van der Waals surface area contributed by atoms with Crippen LogP contribution in [0.5, 0.6) is 0 Å². The first-order chi connectivity index (χ1) is 13.9. The van der Waals surface area contributed by atoms with Crippen LogP contribution in [-0.2, 0) is 11.3 Å². The van der Waals surface area contributed by atoms with Crippen molar-refractivity contribution in [2.75, 3.05) is 30.1 Å². The van der Waals surface area contributed by atoms with Crippen LogP contribution in [0.25, 0.3) is 11.4 Å². The highest BCUT2D eigenvalue weighted by molar-refractivity contribution is 7.99. The van der Waals surface area contributed by atoms with Crippen molar-refractivity contribution in [3.8, 4) is 11.4 Å². The Kier molecular flexibility index (Phi) is 6.82. The number of carbonyl (C=O) groups excluding carboxylic acids is 1. The number of anilines is 2. The minimum Gasteiger partial charge on any atom is -0.378 e. The van der Waals surface area contributed by atoms with Crippen molar-refractivity contribution in [1.29, 1.82) is 0 Å². The highest BCUT2D eigenvalue weighted by Gasteiger charge is 2.15. The van der Waals surface area contributed by atoms with E-state index in [9.17, 15) is 4.79 Å². The molecule has 8 heteroatoms. The summed E-state index contributed by atoms with van der Waals surface area (Å²) in [7, 11) is 4.02. The van der Waals surface area contributed by atoms with Gasteiger partial charge in [-0.05, 0) is 55.8 Å². The third-order valence-corrected chi connectivity index (χ3v) is 5.93. The summed E-state index contributed by atoms with van der Waals surface area (Å²) in [4.78, 5) is 14.4. The van der Waals surface area contributed by atoms with Crippen LogP contribution in [0.2, 0.25) is 5.02 Å². The highest BCUT2D eigenvalue weighted by atomic mass is 35.5. The second kappa shape index (κ2) is 9.33. The Morgan fingerprint density at radius 2 is 1.90 bits per heavy atom. The molecule has 0 atom stereocenters. The molecule has 0 saturated heterocycles. The summed E-state index contributed by atoms with van der Waals surface area (Å²) in [5.41, 5.74) is 3.70. The molecule has 1 N–H and O–H groups in total. The van der Waals surface area contributed by atoms with Crippen molar-refractivity contribution < 1.29 is 4.79 Å². The number of hydrogen-bond donors (Lipinski definition) is 1. The van der Waals surface area contributed by atoms with Gasteiger partial charge in [0.25, 0.3) is 0 Å². The number of benzene rings is 2. The van der Waals surface area contributed by atoms with Gasteiger partial charge in [-0.2, -0.15) is 0 Å². The van der Waals surface area contributed by atoms with Crippen LogP contribution in [0.15, 0.2) is 47.6 Å². The molecule has 3 aromatic rings. The minimum atomic E-state index is -0.108. The molecule has 2 aromatic carbocycles. The van der Waals surface area contributed by atoms with E-state index in [-0.39, 0.29) is 11.7 Å². The standard InChI is InChI=1S/C21H24ClN5OS/c1-5-27-20(15-9-11-16(12-10-15)26(3)4)24-25-21(27)29-13-19(28)23-18-8-6-7-17(22)14(18)2/h6-12H,5,13H2,1-4H3,(H,23,28). The van der Waals surface area contributed by atoms with Gasteiger partial charge >= 0.3 is 0 Å². The Morgan fingerprint density at radius 3 is 2.55 bits per heavy atom. The van der Waals surface area contributed by atoms with Crippen LogP contribution >= 0.6 is 23.4 Å². The van der Waals surface area contributed by atoms with Gasteiger partial charge in [0.15, 0.2) is 11.0 Å². The average Bonchev–Trinajstić information content (AvgIpc) is 3.13. The zero-order valence-corrected chi connectivity index (χ0v) is 18.5. The maximum Gasteiger partial charge on any atom is 0.234 e. The first-order valence-corrected chi connectivity index (χ1v) is 10.7. The molecule has 0 saturated carbocycles. The van der Waals surface area contributed by atoms with E-state index in [4.69, 9.17) is 11.6 Å². The number of halogens is 1. The van der Waals surface area contributed by atoms with Crippen LogP contribution in [-0.4, -0.2) is 40.5 Å². The molecule has 1 aromatic heterocycles. The molecule has 1 heterocycles. The number of hydrogen-bond acceptors (Lipinski definition) is 5. The number of amides is 1. The summed E-state index contributed by atoms with van der Waals surface area (Å²) in [6, 6.07) is 13.6. The molecule has 0 aliphatic rings.